The maximum absolute atomic E-state index is 10.1. The minimum atomic E-state index is 0.623. The van der Waals surface area contributed by atoms with Gasteiger partial charge >= 0.3 is 0 Å². The van der Waals surface area contributed by atoms with Crippen molar-refractivity contribution in [2.75, 3.05) is 11.5 Å². The monoisotopic (exact) mass is 448 g/mol. The van der Waals surface area contributed by atoms with Crippen LogP contribution in [0.25, 0.3) is 0 Å². The minimum absolute atomic E-state index is 0.623. The summed E-state index contributed by atoms with van der Waals surface area (Å²) in [6.07, 6.45) is 32.9. The Kier molecular flexibility index (Phi) is 30.1. The molecule has 31 heavy (non-hydrogen) atoms. The van der Waals surface area contributed by atoms with Crippen molar-refractivity contribution in [2.24, 2.45) is 11.8 Å². The molecule has 1 nitrogen and oxygen atoms in total. The van der Waals surface area contributed by atoms with Crippen molar-refractivity contribution in [3.05, 3.63) is 48.6 Å². The number of carbonyl (C=O) groups excluding carboxylic acids is 1. The van der Waals surface area contributed by atoms with Crippen molar-refractivity contribution in [1.29, 1.82) is 0 Å². The van der Waals surface area contributed by atoms with Gasteiger partial charge in [0.15, 0.2) is 0 Å². The fourth-order valence-corrected chi connectivity index (χ4v) is 3.50. The van der Waals surface area contributed by atoms with E-state index in [0.29, 0.717) is 11.7 Å². The second kappa shape index (κ2) is 29.0. The first-order valence-corrected chi connectivity index (χ1v) is 14.0. The molecule has 2 atom stereocenters. The van der Waals surface area contributed by atoms with Crippen LogP contribution < -0.4 is 0 Å². The lowest BCUT2D eigenvalue weighted by molar-refractivity contribution is -0.105. The van der Waals surface area contributed by atoms with E-state index in [4.69, 9.17) is 0 Å². The molecule has 0 radical (unpaired) electrons. The quantitative estimate of drug-likeness (QED) is 0.111. The first-order valence-electron chi connectivity index (χ1n) is 12.8. The third-order valence-electron chi connectivity index (χ3n) is 4.97. The summed E-state index contributed by atoms with van der Waals surface area (Å²) < 4.78 is 0. The maximum atomic E-state index is 10.1. The minimum Gasteiger partial charge on any atom is -0.302 e. The van der Waals surface area contributed by atoms with E-state index in [1.165, 1.54) is 64.2 Å². The lowest BCUT2D eigenvalue weighted by atomic mass is 10.0. The molecule has 0 aliphatic heterocycles. The predicted molar refractivity (Wildman–Crippen MR) is 146 cm³/mol. The average molecular weight is 449 g/mol. The molecule has 2 heteroatoms. The van der Waals surface area contributed by atoms with Gasteiger partial charge < -0.3 is 4.79 Å². The van der Waals surface area contributed by atoms with Gasteiger partial charge in [-0.2, -0.15) is 11.8 Å². The van der Waals surface area contributed by atoms with E-state index in [2.05, 4.69) is 83.2 Å². The molecule has 0 aliphatic rings. The molecule has 0 aromatic rings. The standard InChI is InChI=1S/C15H26OS.C14H26/c1-3-4-7-10-15(2)11-8-5-6-9-13-17-14-12-16;1-4-6-8-9-11-13-14(3)12-10-7-5-2/h5-6,8,11-12,15H,3-4,7,9-10,13-14H2,1-2H3;8-9,11,13-14H,4-7,10,12H2,1-3H3/b6-5-,11-8+;9-8-,13-11+/t15-;14-/m00/s1. The van der Waals surface area contributed by atoms with Crippen molar-refractivity contribution in [2.45, 2.75) is 105 Å². The van der Waals surface area contributed by atoms with Gasteiger partial charge in [-0.3, -0.25) is 0 Å². The van der Waals surface area contributed by atoms with Gasteiger partial charge in [0, 0.05) is 5.75 Å². The van der Waals surface area contributed by atoms with E-state index in [1.807, 2.05) is 0 Å². The number of hydrogen-bond donors (Lipinski definition) is 0. The lowest BCUT2D eigenvalue weighted by Gasteiger charge is -2.03. The molecule has 0 spiro atoms. The highest BCUT2D eigenvalue weighted by molar-refractivity contribution is 7.99. The average Bonchev–Trinajstić information content (AvgIpc) is 2.76. The summed E-state index contributed by atoms with van der Waals surface area (Å²) in [5.74, 6) is 3.09. The number of unbranched alkanes of at least 4 members (excludes halogenated alkanes) is 5. The van der Waals surface area contributed by atoms with Gasteiger partial charge in [0.25, 0.3) is 0 Å². The Morgan fingerprint density at radius 1 is 0.677 bits per heavy atom. The second-order valence-corrected chi connectivity index (χ2v) is 9.54. The Labute approximate surface area is 199 Å². The van der Waals surface area contributed by atoms with Crippen molar-refractivity contribution in [3.63, 3.8) is 0 Å². The molecule has 0 N–H and O–H groups in total. The fourth-order valence-electron chi connectivity index (χ4n) is 2.93. The van der Waals surface area contributed by atoms with E-state index >= 15 is 0 Å². The molecule has 180 valence electrons. The summed E-state index contributed by atoms with van der Waals surface area (Å²) in [7, 11) is 0. The van der Waals surface area contributed by atoms with Gasteiger partial charge in [-0.05, 0) is 43.3 Å². The molecule has 0 aliphatic carbocycles. The van der Waals surface area contributed by atoms with Crippen molar-refractivity contribution < 1.29 is 4.79 Å². The zero-order valence-electron chi connectivity index (χ0n) is 21.4. The molecular formula is C29H52OS. The summed E-state index contributed by atoms with van der Waals surface area (Å²) in [6.45, 7) is 11.3. The molecule has 0 saturated carbocycles. The Morgan fingerprint density at radius 3 is 1.65 bits per heavy atom. The van der Waals surface area contributed by atoms with Crippen LogP contribution >= 0.6 is 11.8 Å². The van der Waals surface area contributed by atoms with E-state index in [-0.39, 0.29) is 0 Å². The number of allylic oxidation sites excluding steroid dienone is 8. The van der Waals surface area contributed by atoms with Crippen LogP contribution in [0.4, 0.5) is 0 Å². The van der Waals surface area contributed by atoms with Crippen LogP contribution in [0.15, 0.2) is 48.6 Å². The van der Waals surface area contributed by atoms with E-state index < -0.39 is 0 Å². The smallest absolute Gasteiger partial charge is 0.129 e. The Bertz CT molecular complexity index is 461. The molecule has 0 saturated heterocycles. The normalized spacial score (nSPS) is 13.8. The largest absolute Gasteiger partial charge is 0.302 e. The Hall–Kier alpha value is -1.02. The molecule has 0 heterocycles. The second-order valence-electron chi connectivity index (χ2n) is 8.39. The molecule has 0 rings (SSSR count). The Balaban J connectivity index is 0. The molecule has 0 aromatic carbocycles. The van der Waals surface area contributed by atoms with Gasteiger partial charge in [-0.1, -0.05) is 128 Å². The van der Waals surface area contributed by atoms with Gasteiger partial charge in [0.2, 0.25) is 0 Å². The third kappa shape index (κ3) is 31.3. The van der Waals surface area contributed by atoms with Crippen LogP contribution in [-0.2, 0) is 4.79 Å². The van der Waals surface area contributed by atoms with Crippen LogP contribution in [0.5, 0.6) is 0 Å². The first-order chi connectivity index (χ1) is 15.1. The van der Waals surface area contributed by atoms with Crippen LogP contribution in [-0.4, -0.2) is 17.8 Å². The summed E-state index contributed by atoms with van der Waals surface area (Å²) in [5, 5.41) is 0. The highest BCUT2D eigenvalue weighted by Crippen LogP contribution is 2.11. The van der Waals surface area contributed by atoms with Crippen LogP contribution in [0.2, 0.25) is 0 Å². The summed E-state index contributed by atoms with van der Waals surface area (Å²) >= 11 is 1.69. The van der Waals surface area contributed by atoms with Crippen LogP contribution in [0.3, 0.4) is 0 Å². The van der Waals surface area contributed by atoms with Crippen LogP contribution in [0, 0.1) is 11.8 Å². The molecule has 0 fully saturated rings. The van der Waals surface area contributed by atoms with E-state index in [9.17, 15) is 4.79 Å². The number of aldehydes is 1. The molecule has 0 amide bonds. The van der Waals surface area contributed by atoms with Gasteiger partial charge in [0.1, 0.15) is 6.29 Å². The van der Waals surface area contributed by atoms with Gasteiger partial charge in [0.05, 0.1) is 0 Å². The van der Waals surface area contributed by atoms with Crippen molar-refractivity contribution in [1.82, 2.24) is 0 Å². The number of hydrogen-bond acceptors (Lipinski definition) is 2. The summed E-state index contributed by atoms with van der Waals surface area (Å²) in [4.78, 5) is 10.1. The molecule has 0 bridgehead atoms. The summed E-state index contributed by atoms with van der Waals surface area (Å²) in [5.41, 5.74) is 0. The predicted octanol–water partition coefficient (Wildman–Crippen LogP) is 9.75. The number of carbonyl (C=O) groups is 1. The molecular weight excluding hydrogens is 396 g/mol. The SMILES string of the molecule is CCC/C=C\C=C\[C@@H](C)CCCCC.CCCCC[C@H](C)/C=C/C=C\CCSCC=O. The van der Waals surface area contributed by atoms with Crippen LogP contribution in [0.1, 0.15) is 105 Å². The fraction of sp³-hybridized carbons (Fsp3) is 0.690. The molecule has 0 aromatic heterocycles. The maximum Gasteiger partial charge on any atom is 0.129 e. The zero-order chi connectivity index (χ0) is 23.4. The topological polar surface area (TPSA) is 17.1 Å². The first kappa shape index (κ1) is 32.2. The third-order valence-corrected chi connectivity index (χ3v) is 5.87. The van der Waals surface area contributed by atoms with Gasteiger partial charge in [-0.15, -0.1) is 0 Å². The van der Waals surface area contributed by atoms with Crippen molar-refractivity contribution >= 4 is 18.0 Å². The highest BCUT2D eigenvalue weighted by atomic mass is 32.2. The number of thioether (sulfide) groups is 1. The van der Waals surface area contributed by atoms with Crippen molar-refractivity contribution in [3.8, 4) is 0 Å². The zero-order valence-corrected chi connectivity index (χ0v) is 22.2. The van der Waals surface area contributed by atoms with E-state index in [1.54, 1.807) is 11.8 Å². The lowest BCUT2D eigenvalue weighted by Crippen LogP contribution is -1.88. The molecule has 0 unspecified atom stereocenters. The summed E-state index contributed by atoms with van der Waals surface area (Å²) in [6, 6.07) is 0. The highest BCUT2D eigenvalue weighted by Gasteiger charge is 1.95. The number of rotatable bonds is 19. The Morgan fingerprint density at radius 2 is 1.19 bits per heavy atom. The van der Waals surface area contributed by atoms with E-state index in [0.717, 1.165) is 24.4 Å². The van der Waals surface area contributed by atoms with Gasteiger partial charge in [-0.25, -0.2) is 0 Å².